The predicted molar refractivity (Wildman–Crippen MR) is 84.7 cm³/mol. The van der Waals surface area contributed by atoms with E-state index < -0.39 is 6.10 Å². The van der Waals surface area contributed by atoms with Gasteiger partial charge in [-0.2, -0.15) is 0 Å². The number of carbonyl (C=O) groups is 1. The molecule has 1 amide bonds. The standard InChI is InChI=1S/C18H27NO2/c1-13-8-7-11-18(2,3)16(13)17(21)19-12-15(20)14-9-5-4-6-10-14/h4-6,9-10,13,15-16,20H,7-8,11-12H2,1-3H3,(H,19,21)/t13-,15?,16-/m0/s1. The molecule has 0 bridgehead atoms. The smallest absolute Gasteiger partial charge is 0.224 e. The lowest BCUT2D eigenvalue weighted by Crippen LogP contribution is -2.45. The van der Waals surface area contributed by atoms with E-state index in [1.165, 1.54) is 6.42 Å². The molecule has 2 N–H and O–H groups in total. The van der Waals surface area contributed by atoms with Gasteiger partial charge in [0.05, 0.1) is 6.10 Å². The van der Waals surface area contributed by atoms with Gasteiger partial charge in [-0.25, -0.2) is 0 Å². The minimum Gasteiger partial charge on any atom is -0.387 e. The van der Waals surface area contributed by atoms with Crippen LogP contribution in [-0.4, -0.2) is 17.6 Å². The molecule has 0 aromatic heterocycles. The van der Waals surface area contributed by atoms with E-state index in [-0.39, 0.29) is 23.8 Å². The lowest BCUT2D eigenvalue weighted by Gasteiger charge is -2.41. The quantitative estimate of drug-likeness (QED) is 0.893. The Morgan fingerprint density at radius 2 is 2.05 bits per heavy atom. The topological polar surface area (TPSA) is 49.3 Å². The molecule has 0 heterocycles. The van der Waals surface area contributed by atoms with Gasteiger partial charge in [0.2, 0.25) is 5.91 Å². The van der Waals surface area contributed by atoms with Gasteiger partial charge in [-0.15, -0.1) is 0 Å². The van der Waals surface area contributed by atoms with Gasteiger partial charge in [0.1, 0.15) is 0 Å². The fourth-order valence-electron chi connectivity index (χ4n) is 3.69. The highest BCUT2D eigenvalue weighted by Crippen LogP contribution is 2.43. The second kappa shape index (κ2) is 6.61. The largest absolute Gasteiger partial charge is 0.387 e. The Bertz CT molecular complexity index is 469. The second-order valence-corrected chi connectivity index (χ2v) is 7.01. The maximum absolute atomic E-state index is 12.5. The number of hydrogen-bond acceptors (Lipinski definition) is 2. The molecule has 0 radical (unpaired) electrons. The van der Waals surface area contributed by atoms with Gasteiger partial charge in [0, 0.05) is 12.5 Å². The molecule has 0 spiro atoms. The molecule has 3 heteroatoms. The first-order valence-corrected chi connectivity index (χ1v) is 7.92. The molecular weight excluding hydrogens is 262 g/mol. The monoisotopic (exact) mass is 289 g/mol. The van der Waals surface area contributed by atoms with Crippen molar-refractivity contribution in [1.29, 1.82) is 0 Å². The highest BCUT2D eigenvalue weighted by Gasteiger charge is 2.41. The van der Waals surface area contributed by atoms with E-state index in [2.05, 4.69) is 26.1 Å². The molecule has 1 aliphatic carbocycles. The van der Waals surface area contributed by atoms with Crippen LogP contribution in [0.15, 0.2) is 30.3 Å². The molecule has 1 aliphatic rings. The summed E-state index contributed by atoms with van der Waals surface area (Å²) in [5.74, 6) is 0.527. The molecule has 1 aromatic rings. The summed E-state index contributed by atoms with van der Waals surface area (Å²) in [7, 11) is 0. The molecule has 0 saturated heterocycles. The van der Waals surface area contributed by atoms with Crippen molar-refractivity contribution in [3.05, 3.63) is 35.9 Å². The van der Waals surface area contributed by atoms with Crippen molar-refractivity contribution in [3.8, 4) is 0 Å². The van der Waals surface area contributed by atoms with Gasteiger partial charge in [0.15, 0.2) is 0 Å². The number of benzene rings is 1. The highest BCUT2D eigenvalue weighted by molar-refractivity contribution is 5.79. The first-order chi connectivity index (χ1) is 9.92. The van der Waals surface area contributed by atoms with Gasteiger partial charge in [-0.1, -0.05) is 57.5 Å². The van der Waals surface area contributed by atoms with Crippen LogP contribution >= 0.6 is 0 Å². The number of rotatable bonds is 4. The van der Waals surface area contributed by atoms with Crippen LogP contribution in [0.1, 0.15) is 51.7 Å². The van der Waals surface area contributed by atoms with Crippen molar-refractivity contribution in [2.75, 3.05) is 6.54 Å². The SMILES string of the molecule is C[C@H]1CCCC(C)(C)[C@@H]1C(=O)NCC(O)c1ccccc1. The average Bonchev–Trinajstić information content (AvgIpc) is 2.44. The number of aliphatic hydroxyl groups is 1. The van der Waals surface area contributed by atoms with E-state index in [4.69, 9.17) is 0 Å². The molecule has 21 heavy (non-hydrogen) atoms. The lowest BCUT2D eigenvalue weighted by atomic mass is 9.64. The first-order valence-electron chi connectivity index (χ1n) is 7.92. The van der Waals surface area contributed by atoms with Crippen LogP contribution in [0, 0.1) is 17.3 Å². The summed E-state index contributed by atoms with van der Waals surface area (Å²) < 4.78 is 0. The van der Waals surface area contributed by atoms with Crippen molar-refractivity contribution >= 4 is 5.91 Å². The number of nitrogens with one attached hydrogen (secondary N) is 1. The van der Waals surface area contributed by atoms with E-state index in [0.717, 1.165) is 18.4 Å². The summed E-state index contributed by atoms with van der Waals surface area (Å²) in [6.07, 6.45) is 2.77. The summed E-state index contributed by atoms with van der Waals surface area (Å²) in [4.78, 5) is 12.5. The summed E-state index contributed by atoms with van der Waals surface area (Å²) in [5.41, 5.74) is 0.883. The van der Waals surface area contributed by atoms with E-state index in [1.807, 2.05) is 30.3 Å². The Kier molecular flexibility index (Phi) is 5.04. The van der Waals surface area contributed by atoms with Crippen LogP contribution in [0.2, 0.25) is 0 Å². The van der Waals surface area contributed by atoms with Gasteiger partial charge in [0.25, 0.3) is 0 Å². The summed E-state index contributed by atoms with van der Waals surface area (Å²) in [6, 6.07) is 9.47. The number of aliphatic hydroxyl groups excluding tert-OH is 1. The maximum Gasteiger partial charge on any atom is 0.224 e. The van der Waals surface area contributed by atoms with Crippen molar-refractivity contribution in [2.45, 2.75) is 46.1 Å². The van der Waals surface area contributed by atoms with Crippen molar-refractivity contribution in [1.82, 2.24) is 5.32 Å². The molecule has 1 saturated carbocycles. The van der Waals surface area contributed by atoms with Crippen molar-refractivity contribution in [3.63, 3.8) is 0 Å². The fourth-order valence-corrected chi connectivity index (χ4v) is 3.69. The van der Waals surface area contributed by atoms with Crippen molar-refractivity contribution in [2.24, 2.45) is 17.3 Å². The summed E-state index contributed by atoms with van der Waals surface area (Å²) in [5, 5.41) is 13.1. The molecule has 3 nitrogen and oxygen atoms in total. The zero-order valence-electron chi connectivity index (χ0n) is 13.3. The Morgan fingerprint density at radius 3 is 2.67 bits per heavy atom. The minimum absolute atomic E-state index is 0.0363. The van der Waals surface area contributed by atoms with Crippen LogP contribution in [0.4, 0.5) is 0 Å². The third-order valence-electron chi connectivity index (χ3n) is 4.83. The van der Waals surface area contributed by atoms with Crippen LogP contribution < -0.4 is 5.32 Å². The molecule has 3 atom stereocenters. The molecular formula is C18H27NO2. The lowest BCUT2D eigenvalue weighted by molar-refractivity contribution is -0.133. The van der Waals surface area contributed by atoms with Crippen molar-refractivity contribution < 1.29 is 9.90 Å². The number of carbonyl (C=O) groups excluding carboxylic acids is 1. The van der Waals surface area contributed by atoms with E-state index in [9.17, 15) is 9.90 Å². The zero-order valence-corrected chi connectivity index (χ0v) is 13.3. The Labute approximate surface area is 127 Å². The zero-order chi connectivity index (χ0) is 15.5. The van der Waals surface area contributed by atoms with Crippen LogP contribution in [0.3, 0.4) is 0 Å². The second-order valence-electron chi connectivity index (χ2n) is 7.01. The third kappa shape index (κ3) is 3.85. The Hall–Kier alpha value is -1.35. The van der Waals surface area contributed by atoms with Gasteiger partial charge < -0.3 is 10.4 Å². The Balaban J connectivity index is 1.95. The molecule has 0 aliphatic heterocycles. The molecule has 1 unspecified atom stereocenters. The fraction of sp³-hybridized carbons (Fsp3) is 0.611. The molecule has 2 rings (SSSR count). The van der Waals surface area contributed by atoms with E-state index in [0.29, 0.717) is 5.92 Å². The molecule has 1 fully saturated rings. The van der Waals surface area contributed by atoms with Gasteiger partial charge in [-0.05, 0) is 29.7 Å². The highest BCUT2D eigenvalue weighted by atomic mass is 16.3. The van der Waals surface area contributed by atoms with Gasteiger partial charge in [-0.3, -0.25) is 4.79 Å². The summed E-state index contributed by atoms with van der Waals surface area (Å²) >= 11 is 0. The first kappa shape index (κ1) is 16.0. The average molecular weight is 289 g/mol. The van der Waals surface area contributed by atoms with Crippen LogP contribution in [0.25, 0.3) is 0 Å². The molecule has 1 aromatic carbocycles. The normalized spacial score (nSPS) is 26.1. The van der Waals surface area contributed by atoms with Crippen LogP contribution in [0.5, 0.6) is 0 Å². The third-order valence-corrected chi connectivity index (χ3v) is 4.83. The number of hydrogen-bond donors (Lipinski definition) is 2. The maximum atomic E-state index is 12.5. The van der Waals surface area contributed by atoms with Crippen LogP contribution in [-0.2, 0) is 4.79 Å². The van der Waals surface area contributed by atoms with E-state index >= 15 is 0 Å². The predicted octanol–water partition coefficient (Wildman–Crippen LogP) is 3.30. The summed E-state index contributed by atoms with van der Waals surface area (Å²) in [6.45, 7) is 6.81. The van der Waals surface area contributed by atoms with Gasteiger partial charge >= 0.3 is 0 Å². The molecule has 116 valence electrons. The number of amides is 1. The van der Waals surface area contributed by atoms with E-state index in [1.54, 1.807) is 0 Å². The minimum atomic E-state index is -0.642. The Morgan fingerprint density at radius 1 is 1.38 bits per heavy atom.